The van der Waals surface area contributed by atoms with E-state index in [-0.39, 0.29) is 6.04 Å². The Morgan fingerprint density at radius 2 is 1.68 bits per heavy atom. The third-order valence-electron chi connectivity index (χ3n) is 5.39. The SMILES string of the molecule is CN([C@@H]1CCc2ccccc2C1)[C@H]1CC(=O)c2ccccc21. The third-order valence-corrected chi connectivity index (χ3v) is 5.39. The molecule has 2 atom stereocenters. The van der Waals surface area contributed by atoms with Crippen molar-refractivity contribution in [2.45, 2.75) is 37.8 Å². The Kier molecular flexibility index (Phi) is 3.34. The summed E-state index contributed by atoms with van der Waals surface area (Å²) in [6.45, 7) is 0. The van der Waals surface area contributed by atoms with Gasteiger partial charge >= 0.3 is 0 Å². The van der Waals surface area contributed by atoms with Crippen molar-refractivity contribution in [1.82, 2.24) is 4.90 Å². The van der Waals surface area contributed by atoms with Crippen LogP contribution in [0.25, 0.3) is 0 Å². The molecule has 0 radical (unpaired) electrons. The lowest BCUT2D eigenvalue weighted by atomic mass is 9.87. The second-order valence-electron chi connectivity index (χ2n) is 6.56. The minimum absolute atomic E-state index is 0.249. The van der Waals surface area contributed by atoms with Gasteiger partial charge in [-0.15, -0.1) is 0 Å². The Morgan fingerprint density at radius 1 is 0.955 bits per heavy atom. The number of benzene rings is 2. The summed E-state index contributed by atoms with van der Waals surface area (Å²) in [5, 5.41) is 0. The van der Waals surface area contributed by atoms with E-state index < -0.39 is 0 Å². The van der Waals surface area contributed by atoms with E-state index >= 15 is 0 Å². The molecule has 2 heteroatoms. The van der Waals surface area contributed by atoms with E-state index in [2.05, 4.69) is 48.3 Å². The largest absolute Gasteiger partial charge is 0.296 e. The average Bonchev–Trinajstić information content (AvgIpc) is 2.91. The molecule has 22 heavy (non-hydrogen) atoms. The Morgan fingerprint density at radius 3 is 2.55 bits per heavy atom. The molecule has 0 fully saturated rings. The van der Waals surface area contributed by atoms with Crippen LogP contribution in [0.4, 0.5) is 0 Å². The number of rotatable bonds is 2. The Hall–Kier alpha value is -1.93. The number of carbonyl (C=O) groups is 1. The van der Waals surface area contributed by atoms with Crippen LogP contribution in [0, 0.1) is 0 Å². The van der Waals surface area contributed by atoms with E-state index in [1.54, 1.807) is 0 Å². The van der Waals surface area contributed by atoms with Gasteiger partial charge in [0.05, 0.1) is 0 Å². The second-order valence-corrected chi connectivity index (χ2v) is 6.56. The van der Waals surface area contributed by atoms with Crippen LogP contribution in [0.2, 0.25) is 0 Å². The first-order valence-corrected chi connectivity index (χ1v) is 8.15. The molecule has 0 aliphatic heterocycles. The highest BCUT2D eigenvalue weighted by Crippen LogP contribution is 2.37. The fourth-order valence-electron chi connectivity index (χ4n) is 4.08. The normalized spacial score (nSPS) is 23.5. The molecule has 2 aliphatic rings. The van der Waals surface area contributed by atoms with Crippen LogP contribution in [0.1, 0.15) is 45.9 Å². The third kappa shape index (κ3) is 2.19. The Bertz CT molecular complexity index is 721. The molecule has 0 saturated carbocycles. The van der Waals surface area contributed by atoms with Gasteiger partial charge in [0.15, 0.2) is 5.78 Å². The highest BCUT2D eigenvalue weighted by Gasteiger charge is 2.35. The number of likely N-dealkylation sites (N-methyl/N-ethyl adjacent to an activating group) is 1. The van der Waals surface area contributed by atoms with E-state index in [1.807, 2.05) is 12.1 Å². The highest BCUT2D eigenvalue weighted by molar-refractivity contribution is 6.01. The number of hydrogen-bond acceptors (Lipinski definition) is 2. The van der Waals surface area contributed by atoms with Crippen LogP contribution in [-0.4, -0.2) is 23.8 Å². The molecule has 2 aromatic rings. The van der Waals surface area contributed by atoms with Gasteiger partial charge in [0.2, 0.25) is 0 Å². The Labute approximate surface area is 131 Å². The average molecular weight is 291 g/mol. The van der Waals surface area contributed by atoms with Crippen LogP contribution in [-0.2, 0) is 12.8 Å². The van der Waals surface area contributed by atoms with Crippen LogP contribution in [0.5, 0.6) is 0 Å². The van der Waals surface area contributed by atoms with Gasteiger partial charge in [-0.1, -0.05) is 48.5 Å². The number of fused-ring (bicyclic) bond motifs is 2. The summed E-state index contributed by atoms with van der Waals surface area (Å²) < 4.78 is 0. The molecule has 0 spiro atoms. The summed E-state index contributed by atoms with van der Waals surface area (Å²) >= 11 is 0. The van der Waals surface area contributed by atoms with Crippen molar-refractivity contribution in [3.8, 4) is 0 Å². The van der Waals surface area contributed by atoms with Gasteiger partial charge in [-0.05, 0) is 43.0 Å². The molecule has 0 N–H and O–H groups in total. The second kappa shape index (κ2) is 5.36. The van der Waals surface area contributed by atoms with Crippen molar-refractivity contribution >= 4 is 5.78 Å². The Balaban J connectivity index is 1.59. The summed E-state index contributed by atoms with van der Waals surface area (Å²) in [5.74, 6) is 0.295. The molecule has 0 heterocycles. The lowest BCUT2D eigenvalue weighted by Crippen LogP contribution is -2.38. The number of carbonyl (C=O) groups excluding carboxylic acids is 1. The van der Waals surface area contributed by atoms with Crippen molar-refractivity contribution in [2.75, 3.05) is 7.05 Å². The van der Waals surface area contributed by atoms with Crippen LogP contribution >= 0.6 is 0 Å². The molecule has 112 valence electrons. The number of Topliss-reactive ketones (excluding diaryl/α,β-unsaturated/α-hetero) is 1. The van der Waals surface area contributed by atoms with Crippen LogP contribution < -0.4 is 0 Å². The van der Waals surface area contributed by atoms with E-state index in [0.717, 1.165) is 18.4 Å². The molecule has 0 unspecified atom stereocenters. The zero-order valence-electron chi connectivity index (χ0n) is 13.0. The van der Waals surface area contributed by atoms with E-state index in [4.69, 9.17) is 0 Å². The molecular weight excluding hydrogens is 270 g/mol. The van der Waals surface area contributed by atoms with Gasteiger partial charge in [0, 0.05) is 24.1 Å². The summed E-state index contributed by atoms with van der Waals surface area (Å²) in [6.07, 6.45) is 4.06. The minimum atomic E-state index is 0.249. The summed E-state index contributed by atoms with van der Waals surface area (Å²) in [4.78, 5) is 14.7. The van der Waals surface area contributed by atoms with E-state index in [0.29, 0.717) is 18.2 Å². The van der Waals surface area contributed by atoms with Crippen molar-refractivity contribution in [2.24, 2.45) is 0 Å². The first-order valence-electron chi connectivity index (χ1n) is 8.15. The molecular formula is C20H21NO. The minimum Gasteiger partial charge on any atom is -0.296 e. The number of aryl methyl sites for hydroxylation is 1. The van der Waals surface area contributed by atoms with Gasteiger partial charge in [-0.2, -0.15) is 0 Å². The number of ketones is 1. The smallest absolute Gasteiger partial charge is 0.165 e. The van der Waals surface area contributed by atoms with Gasteiger partial charge in [0.1, 0.15) is 0 Å². The van der Waals surface area contributed by atoms with Crippen LogP contribution in [0.3, 0.4) is 0 Å². The first-order chi connectivity index (χ1) is 10.7. The lowest BCUT2D eigenvalue weighted by Gasteiger charge is -2.36. The maximum absolute atomic E-state index is 12.2. The standard InChI is InChI=1S/C20H21NO/c1-21(16-11-10-14-6-2-3-7-15(14)12-16)19-13-20(22)18-9-5-4-8-17(18)19/h2-9,16,19H,10-13H2,1H3/t16-,19+/m1/s1. The van der Waals surface area contributed by atoms with Crippen molar-refractivity contribution in [1.29, 1.82) is 0 Å². The highest BCUT2D eigenvalue weighted by atomic mass is 16.1. The van der Waals surface area contributed by atoms with Gasteiger partial charge in [0.25, 0.3) is 0 Å². The van der Waals surface area contributed by atoms with Gasteiger partial charge in [-0.3, -0.25) is 9.69 Å². The topological polar surface area (TPSA) is 20.3 Å². The van der Waals surface area contributed by atoms with Crippen molar-refractivity contribution in [3.63, 3.8) is 0 Å². The van der Waals surface area contributed by atoms with E-state index in [9.17, 15) is 4.79 Å². The fraction of sp³-hybridized carbons (Fsp3) is 0.350. The summed E-state index contributed by atoms with van der Waals surface area (Å²) in [6, 6.07) is 17.7. The molecule has 2 nitrogen and oxygen atoms in total. The molecule has 0 aromatic heterocycles. The van der Waals surface area contributed by atoms with E-state index in [1.165, 1.54) is 23.1 Å². The quantitative estimate of drug-likeness (QED) is 0.838. The van der Waals surface area contributed by atoms with Crippen molar-refractivity contribution < 1.29 is 4.79 Å². The predicted octanol–water partition coefficient (Wildman–Crippen LogP) is 3.80. The van der Waals surface area contributed by atoms with Crippen LogP contribution in [0.15, 0.2) is 48.5 Å². The number of nitrogens with zero attached hydrogens (tertiary/aromatic N) is 1. The monoisotopic (exact) mass is 291 g/mol. The zero-order chi connectivity index (χ0) is 15.1. The molecule has 0 bridgehead atoms. The maximum Gasteiger partial charge on any atom is 0.165 e. The van der Waals surface area contributed by atoms with Crippen molar-refractivity contribution in [3.05, 3.63) is 70.8 Å². The molecule has 4 rings (SSSR count). The fourth-order valence-corrected chi connectivity index (χ4v) is 4.08. The molecule has 2 aliphatic carbocycles. The molecule has 2 aromatic carbocycles. The lowest BCUT2D eigenvalue weighted by molar-refractivity contribution is 0.0935. The first kappa shape index (κ1) is 13.7. The zero-order valence-corrected chi connectivity index (χ0v) is 13.0. The summed E-state index contributed by atoms with van der Waals surface area (Å²) in [7, 11) is 2.19. The number of hydrogen-bond donors (Lipinski definition) is 0. The summed E-state index contributed by atoms with van der Waals surface area (Å²) in [5.41, 5.74) is 5.11. The van der Waals surface area contributed by atoms with Gasteiger partial charge in [-0.25, -0.2) is 0 Å². The molecule has 0 amide bonds. The van der Waals surface area contributed by atoms with Gasteiger partial charge < -0.3 is 0 Å². The molecule has 0 saturated heterocycles. The maximum atomic E-state index is 12.2. The predicted molar refractivity (Wildman–Crippen MR) is 88.1 cm³/mol.